The fourth-order valence-corrected chi connectivity index (χ4v) is 2.97. The minimum atomic E-state index is -0.931. The molecular weight excluding hydrogens is 296 g/mol. The van der Waals surface area contributed by atoms with Gasteiger partial charge >= 0.3 is 5.97 Å². The molecule has 1 aliphatic rings. The first-order chi connectivity index (χ1) is 11.2. The van der Waals surface area contributed by atoms with Crippen molar-refractivity contribution in [3.8, 4) is 0 Å². The molecule has 0 aromatic rings. The molecule has 0 saturated carbocycles. The summed E-state index contributed by atoms with van der Waals surface area (Å²) in [4.78, 5) is 10.4. The fourth-order valence-electron chi connectivity index (χ4n) is 2.97. The Morgan fingerprint density at radius 3 is 2.21 bits per heavy atom. The van der Waals surface area contributed by atoms with E-state index in [-0.39, 0.29) is 5.41 Å². The molecule has 1 aliphatic carbocycles. The van der Waals surface area contributed by atoms with Crippen molar-refractivity contribution in [1.82, 2.24) is 0 Å². The van der Waals surface area contributed by atoms with E-state index in [1.165, 1.54) is 36.0 Å². The van der Waals surface area contributed by atoms with Crippen molar-refractivity contribution in [3.05, 3.63) is 70.9 Å². The lowest BCUT2D eigenvalue weighted by Gasteiger charge is -2.32. The number of aliphatic carboxylic acids is 1. The van der Waals surface area contributed by atoms with Gasteiger partial charge in [-0.25, -0.2) is 4.79 Å². The molecule has 0 aromatic carbocycles. The Hall–Kier alpha value is -2.09. The maximum absolute atomic E-state index is 10.4. The van der Waals surface area contributed by atoms with Crippen molar-refractivity contribution in [2.24, 2.45) is 5.41 Å². The average molecular weight is 326 g/mol. The van der Waals surface area contributed by atoms with Gasteiger partial charge in [-0.15, -0.1) is 0 Å². The second-order valence-electron chi connectivity index (χ2n) is 7.14. The van der Waals surface area contributed by atoms with Gasteiger partial charge in [0.05, 0.1) is 0 Å². The highest BCUT2D eigenvalue weighted by atomic mass is 16.4. The molecule has 130 valence electrons. The van der Waals surface area contributed by atoms with Crippen molar-refractivity contribution < 1.29 is 9.90 Å². The van der Waals surface area contributed by atoms with Gasteiger partial charge in [0.25, 0.3) is 0 Å². The van der Waals surface area contributed by atoms with Crippen LogP contribution in [0.25, 0.3) is 0 Å². The van der Waals surface area contributed by atoms with Crippen LogP contribution in [0.15, 0.2) is 70.9 Å². The molecule has 0 aliphatic heterocycles. The number of rotatable bonds is 6. The lowest BCUT2D eigenvalue weighted by atomic mass is 9.72. The summed E-state index contributed by atoms with van der Waals surface area (Å²) in [5.41, 5.74) is 5.45. The van der Waals surface area contributed by atoms with Crippen LogP contribution in [0, 0.1) is 5.41 Å². The van der Waals surface area contributed by atoms with Crippen molar-refractivity contribution in [1.29, 1.82) is 0 Å². The number of allylic oxidation sites excluding steroid dienone is 11. The van der Waals surface area contributed by atoms with Crippen LogP contribution >= 0.6 is 0 Å². The first kappa shape index (κ1) is 20.0. The molecule has 0 amide bonds. The Bertz CT molecular complexity index is 635. The highest BCUT2D eigenvalue weighted by molar-refractivity contribution is 5.80. The molecule has 0 bridgehead atoms. The van der Waals surface area contributed by atoms with Crippen LogP contribution in [0.2, 0.25) is 0 Å². The zero-order chi connectivity index (χ0) is 18.2. The van der Waals surface area contributed by atoms with Crippen molar-refractivity contribution >= 4 is 5.97 Å². The van der Waals surface area contributed by atoms with Gasteiger partial charge in [-0.3, -0.25) is 0 Å². The van der Waals surface area contributed by atoms with Crippen molar-refractivity contribution in [2.75, 3.05) is 0 Å². The first-order valence-corrected chi connectivity index (χ1v) is 8.53. The molecule has 0 aromatic heterocycles. The molecule has 1 rings (SSSR count). The van der Waals surface area contributed by atoms with E-state index in [0.717, 1.165) is 11.6 Å². The number of carboxylic acids is 1. The Morgan fingerprint density at radius 1 is 1.04 bits per heavy atom. The Labute approximate surface area is 146 Å². The van der Waals surface area contributed by atoms with Gasteiger partial charge in [0, 0.05) is 6.08 Å². The maximum Gasteiger partial charge on any atom is 0.328 e. The predicted molar refractivity (Wildman–Crippen MR) is 103 cm³/mol. The highest BCUT2D eigenvalue weighted by Crippen LogP contribution is 2.40. The molecule has 0 fully saturated rings. The summed E-state index contributed by atoms with van der Waals surface area (Å²) in [6, 6.07) is 0. The Balaban J connectivity index is 2.73. The van der Waals surface area contributed by atoms with Crippen molar-refractivity contribution in [3.63, 3.8) is 0 Å². The fraction of sp³-hybridized carbons (Fsp3) is 0.409. The third-order valence-electron chi connectivity index (χ3n) is 4.37. The molecule has 0 spiro atoms. The van der Waals surface area contributed by atoms with Gasteiger partial charge in [0.15, 0.2) is 0 Å². The van der Waals surface area contributed by atoms with Crippen LogP contribution in [-0.2, 0) is 4.79 Å². The van der Waals surface area contributed by atoms with E-state index in [1.807, 2.05) is 19.1 Å². The SMILES string of the molecule is CC(C=CC=C(C)C=CC1=C(C)CCCC1(C)C)=CC=CC(=O)O. The summed E-state index contributed by atoms with van der Waals surface area (Å²) in [5, 5.41) is 8.54. The van der Waals surface area contributed by atoms with E-state index in [4.69, 9.17) is 5.11 Å². The van der Waals surface area contributed by atoms with Gasteiger partial charge in [-0.1, -0.05) is 73.1 Å². The van der Waals surface area contributed by atoms with Gasteiger partial charge in [-0.2, -0.15) is 0 Å². The zero-order valence-corrected chi connectivity index (χ0v) is 15.6. The Morgan fingerprint density at radius 2 is 1.62 bits per heavy atom. The number of hydrogen-bond acceptors (Lipinski definition) is 1. The molecule has 2 heteroatoms. The predicted octanol–water partition coefficient (Wildman–Crippen LogP) is 6.16. The molecular formula is C22H30O2. The quantitative estimate of drug-likeness (QED) is 0.469. The molecule has 0 radical (unpaired) electrons. The van der Waals surface area contributed by atoms with Crippen molar-refractivity contribution in [2.45, 2.75) is 53.9 Å². The largest absolute Gasteiger partial charge is 0.478 e. The average Bonchev–Trinajstić information content (AvgIpc) is 2.45. The van der Waals surface area contributed by atoms with E-state index in [9.17, 15) is 4.79 Å². The minimum Gasteiger partial charge on any atom is -0.478 e. The second kappa shape index (κ2) is 9.27. The van der Waals surface area contributed by atoms with Gasteiger partial charge in [-0.05, 0) is 51.0 Å². The van der Waals surface area contributed by atoms with E-state index in [1.54, 1.807) is 12.2 Å². The standard InChI is InChI=1S/C22H30O2/c1-17(11-7-13-21(23)24)9-6-10-18(2)14-15-20-19(3)12-8-16-22(20,4)5/h6-7,9-11,13-15H,8,12,16H2,1-5H3,(H,23,24). The smallest absolute Gasteiger partial charge is 0.328 e. The van der Waals surface area contributed by atoms with Crippen LogP contribution in [0.3, 0.4) is 0 Å². The van der Waals surface area contributed by atoms with E-state index < -0.39 is 5.97 Å². The number of hydrogen-bond donors (Lipinski definition) is 1. The molecule has 24 heavy (non-hydrogen) atoms. The van der Waals surface area contributed by atoms with E-state index in [0.29, 0.717) is 0 Å². The van der Waals surface area contributed by atoms with Gasteiger partial charge < -0.3 is 5.11 Å². The normalized spacial score (nSPS) is 19.9. The maximum atomic E-state index is 10.4. The van der Waals surface area contributed by atoms with E-state index >= 15 is 0 Å². The monoisotopic (exact) mass is 326 g/mol. The van der Waals surface area contributed by atoms with Crippen LogP contribution in [0.4, 0.5) is 0 Å². The van der Waals surface area contributed by atoms with Gasteiger partial charge in [0.2, 0.25) is 0 Å². The Kier molecular flexibility index (Phi) is 7.70. The van der Waals surface area contributed by atoms with Crippen LogP contribution in [-0.4, -0.2) is 11.1 Å². The van der Waals surface area contributed by atoms with Crippen LogP contribution < -0.4 is 0 Å². The van der Waals surface area contributed by atoms with Gasteiger partial charge in [0.1, 0.15) is 0 Å². The molecule has 0 atom stereocenters. The molecule has 0 heterocycles. The summed E-state index contributed by atoms with van der Waals surface area (Å²) in [6.45, 7) is 10.9. The highest BCUT2D eigenvalue weighted by Gasteiger charge is 2.26. The molecule has 0 saturated heterocycles. The number of carboxylic acid groups (broad SMARTS) is 1. The first-order valence-electron chi connectivity index (χ1n) is 8.53. The number of carbonyl (C=O) groups is 1. The molecule has 2 nitrogen and oxygen atoms in total. The second-order valence-corrected chi connectivity index (χ2v) is 7.14. The minimum absolute atomic E-state index is 0.269. The summed E-state index contributed by atoms with van der Waals surface area (Å²) in [5.74, 6) is -0.931. The summed E-state index contributed by atoms with van der Waals surface area (Å²) in [6.07, 6.45) is 18.7. The lowest BCUT2D eigenvalue weighted by molar-refractivity contribution is -0.131. The summed E-state index contributed by atoms with van der Waals surface area (Å²) < 4.78 is 0. The van der Waals surface area contributed by atoms with Crippen LogP contribution in [0.1, 0.15) is 53.9 Å². The molecule has 0 unspecified atom stereocenters. The molecule has 1 N–H and O–H groups in total. The third kappa shape index (κ3) is 6.99. The van der Waals surface area contributed by atoms with E-state index in [2.05, 4.69) is 45.9 Å². The topological polar surface area (TPSA) is 37.3 Å². The lowest BCUT2D eigenvalue weighted by Crippen LogP contribution is -2.19. The summed E-state index contributed by atoms with van der Waals surface area (Å²) >= 11 is 0. The third-order valence-corrected chi connectivity index (χ3v) is 4.37. The summed E-state index contributed by atoms with van der Waals surface area (Å²) in [7, 11) is 0. The zero-order valence-electron chi connectivity index (χ0n) is 15.6. The van der Waals surface area contributed by atoms with Crippen LogP contribution in [0.5, 0.6) is 0 Å².